The Morgan fingerprint density at radius 1 is 1.30 bits per heavy atom. The number of aromatic nitrogens is 2. The van der Waals surface area contributed by atoms with Crippen LogP contribution in [-0.4, -0.2) is 28.7 Å². The van der Waals surface area contributed by atoms with Gasteiger partial charge in [-0.25, -0.2) is 4.79 Å². The monoisotopic (exact) mass is 375 g/mol. The minimum absolute atomic E-state index is 0.199. The zero-order chi connectivity index (χ0) is 15.8. The van der Waals surface area contributed by atoms with E-state index in [1.165, 1.54) is 12.0 Å². The Kier molecular flexibility index (Phi) is 3.85. The fourth-order valence-electron chi connectivity index (χ4n) is 3.42. The zero-order valence-corrected chi connectivity index (χ0v) is 14.3. The Bertz CT molecular complexity index is 772. The van der Waals surface area contributed by atoms with E-state index in [2.05, 4.69) is 37.9 Å². The largest absolute Gasteiger partial charge is 0.477 e. The van der Waals surface area contributed by atoms with Gasteiger partial charge >= 0.3 is 5.69 Å². The molecule has 2 aliphatic heterocycles. The number of benzene rings is 1. The number of hydrogen-bond donors (Lipinski definition) is 0. The molecule has 0 unspecified atom stereocenters. The third-order valence-electron chi connectivity index (χ3n) is 4.58. The fourth-order valence-corrected chi connectivity index (χ4v) is 3.68. The molecule has 0 spiro atoms. The first-order valence-electron chi connectivity index (χ1n) is 7.96. The molecule has 2 aromatic rings. The van der Waals surface area contributed by atoms with Gasteiger partial charge in [-0.3, -0.25) is 4.57 Å². The summed E-state index contributed by atoms with van der Waals surface area (Å²) < 4.78 is 8.57. The van der Waals surface area contributed by atoms with Crippen LogP contribution in [0, 0.1) is 0 Å². The Balaban J connectivity index is 1.46. The van der Waals surface area contributed by atoms with E-state index in [1.54, 1.807) is 4.57 Å². The van der Waals surface area contributed by atoms with Crippen LogP contribution in [0.15, 0.2) is 39.6 Å². The highest BCUT2D eigenvalue weighted by Gasteiger charge is 2.34. The van der Waals surface area contributed by atoms with Crippen LogP contribution in [0.1, 0.15) is 18.4 Å². The number of rotatable bonds is 4. The summed E-state index contributed by atoms with van der Waals surface area (Å²) in [6.07, 6.45) is 3.14. The van der Waals surface area contributed by atoms with Crippen LogP contribution in [0.4, 0.5) is 5.82 Å². The second-order valence-electron chi connectivity index (χ2n) is 6.06. The summed E-state index contributed by atoms with van der Waals surface area (Å²) in [5.41, 5.74) is 1.00. The van der Waals surface area contributed by atoms with Gasteiger partial charge < -0.3 is 9.64 Å². The third kappa shape index (κ3) is 2.87. The molecule has 6 heteroatoms. The summed E-state index contributed by atoms with van der Waals surface area (Å²) in [5.74, 6) is 1.40. The van der Waals surface area contributed by atoms with E-state index in [0.717, 1.165) is 36.2 Å². The van der Waals surface area contributed by atoms with Crippen LogP contribution in [0.2, 0.25) is 0 Å². The molecular formula is C17H18BrN3O2. The highest BCUT2D eigenvalue weighted by molar-refractivity contribution is 9.10. The molecule has 0 amide bonds. The van der Waals surface area contributed by atoms with Crippen molar-refractivity contribution in [2.45, 2.75) is 31.8 Å². The van der Waals surface area contributed by atoms with E-state index in [4.69, 9.17) is 4.74 Å². The van der Waals surface area contributed by atoms with E-state index in [-0.39, 0.29) is 5.69 Å². The van der Waals surface area contributed by atoms with E-state index in [0.29, 0.717) is 18.5 Å². The molecule has 1 fully saturated rings. The number of fused-ring (bicyclic) bond motifs is 3. The molecule has 0 N–H and O–H groups in total. The summed E-state index contributed by atoms with van der Waals surface area (Å²) in [4.78, 5) is 18.6. The van der Waals surface area contributed by atoms with Crippen molar-refractivity contribution in [3.8, 4) is 5.88 Å². The molecule has 1 saturated heterocycles. The molecular weight excluding hydrogens is 358 g/mol. The van der Waals surface area contributed by atoms with Gasteiger partial charge in [0.05, 0.1) is 6.61 Å². The number of ether oxygens (including phenoxy) is 1. The first-order valence-corrected chi connectivity index (χ1v) is 8.76. The smallest absolute Gasteiger partial charge is 0.352 e. The van der Waals surface area contributed by atoms with Crippen LogP contribution < -0.4 is 15.3 Å². The van der Waals surface area contributed by atoms with Crippen molar-refractivity contribution in [2.24, 2.45) is 0 Å². The minimum atomic E-state index is -0.199. The van der Waals surface area contributed by atoms with Gasteiger partial charge in [-0.15, -0.1) is 0 Å². The summed E-state index contributed by atoms with van der Waals surface area (Å²) in [6.45, 7) is 2.30. The quantitative estimate of drug-likeness (QED) is 0.823. The molecule has 0 bridgehead atoms. The van der Waals surface area contributed by atoms with Crippen molar-refractivity contribution in [3.05, 3.63) is 50.9 Å². The Morgan fingerprint density at radius 3 is 2.96 bits per heavy atom. The average molecular weight is 376 g/mol. The van der Waals surface area contributed by atoms with Crippen LogP contribution in [0.5, 0.6) is 5.88 Å². The van der Waals surface area contributed by atoms with Crippen molar-refractivity contribution in [2.75, 3.05) is 18.1 Å². The maximum absolute atomic E-state index is 12.2. The molecule has 0 radical (unpaired) electrons. The molecule has 5 nitrogen and oxygen atoms in total. The van der Waals surface area contributed by atoms with Crippen molar-refractivity contribution in [1.29, 1.82) is 0 Å². The highest BCUT2D eigenvalue weighted by atomic mass is 79.9. The van der Waals surface area contributed by atoms with Crippen molar-refractivity contribution >= 4 is 21.7 Å². The van der Waals surface area contributed by atoms with Crippen LogP contribution >= 0.6 is 15.9 Å². The number of hydrogen-bond acceptors (Lipinski definition) is 4. The summed E-state index contributed by atoms with van der Waals surface area (Å²) in [6, 6.07) is 10.5. The normalized spacial score (nSPS) is 18.8. The lowest BCUT2D eigenvalue weighted by molar-refractivity contribution is 0.307. The second-order valence-corrected chi connectivity index (χ2v) is 6.98. The van der Waals surface area contributed by atoms with Gasteiger partial charge in [0.15, 0.2) is 0 Å². The maximum Gasteiger partial charge on any atom is 0.352 e. The van der Waals surface area contributed by atoms with E-state index >= 15 is 0 Å². The molecule has 1 aromatic carbocycles. The summed E-state index contributed by atoms with van der Waals surface area (Å²) >= 11 is 3.43. The predicted molar refractivity (Wildman–Crippen MR) is 92.2 cm³/mol. The molecule has 3 heterocycles. The Labute approximate surface area is 143 Å². The standard InChI is InChI=1S/C17H18BrN3O2/c18-13-5-3-12(4-6-13)7-9-23-15-10-16-20-8-1-2-14(20)11-21(16)17(22)19-15/h3-6,10,14H,1-2,7-9,11H2/t14-/m1/s1. The van der Waals surface area contributed by atoms with Gasteiger partial charge in [0.25, 0.3) is 0 Å². The van der Waals surface area contributed by atoms with Gasteiger partial charge in [0.2, 0.25) is 5.88 Å². The molecule has 1 atom stereocenters. The zero-order valence-electron chi connectivity index (χ0n) is 12.7. The van der Waals surface area contributed by atoms with Crippen LogP contribution in [0.3, 0.4) is 0 Å². The van der Waals surface area contributed by atoms with E-state index in [1.807, 2.05) is 18.2 Å². The van der Waals surface area contributed by atoms with Crippen molar-refractivity contribution < 1.29 is 4.74 Å². The lowest BCUT2D eigenvalue weighted by Gasteiger charge is -2.17. The third-order valence-corrected chi connectivity index (χ3v) is 5.11. The van der Waals surface area contributed by atoms with Gasteiger partial charge in [-0.05, 0) is 30.5 Å². The molecule has 0 aliphatic carbocycles. The SMILES string of the molecule is O=c1nc(OCCc2ccc(Br)cc2)cc2n1C[C@H]1CCCN21. The summed E-state index contributed by atoms with van der Waals surface area (Å²) in [5, 5.41) is 0. The molecule has 4 rings (SSSR count). The van der Waals surface area contributed by atoms with E-state index < -0.39 is 0 Å². The molecule has 120 valence electrons. The second kappa shape index (κ2) is 6.00. The molecule has 2 aliphatic rings. The maximum atomic E-state index is 12.2. The number of nitrogens with zero attached hydrogens (tertiary/aromatic N) is 3. The number of anilines is 1. The minimum Gasteiger partial charge on any atom is -0.477 e. The number of halogens is 1. The lowest BCUT2D eigenvalue weighted by atomic mass is 10.2. The van der Waals surface area contributed by atoms with Crippen LogP contribution in [-0.2, 0) is 13.0 Å². The van der Waals surface area contributed by atoms with Gasteiger partial charge in [-0.2, -0.15) is 4.98 Å². The predicted octanol–water partition coefficient (Wildman–Crippen LogP) is 2.61. The first-order chi connectivity index (χ1) is 11.2. The van der Waals surface area contributed by atoms with Crippen molar-refractivity contribution in [3.63, 3.8) is 0 Å². The topological polar surface area (TPSA) is 47.4 Å². The first kappa shape index (κ1) is 14.8. The highest BCUT2D eigenvalue weighted by Crippen LogP contribution is 2.32. The van der Waals surface area contributed by atoms with Gasteiger partial charge in [0, 0.05) is 36.1 Å². The Hall–Kier alpha value is -1.82. The van der Waals surface area contributed by atoms with Gasteiger partial charge in [-0.1, -0.05) is 28.1 Å². The average Bonchev–Trinajstić information content (AvgIpc) is 3.11. The summed E-state index contributed by atoms with van der Waals surface area (Å²) in [7, 11) is 0. The molecule has 23 heavy (non-hydrogen) atoms. The molecule has 1 aromatic heterocycles. The fraction of sp³-hybridized carbons (Fsp3) is 0.412. The lowest BCUT2D eigenvalue weighted by Crippen LogP contribution is -2.24. The Morgan fingerprint density at radius 2 is 2.13 bits per heavy atom. The van der Waals surface area contributed by atoms with Crippen molar-refractivity contribution in [1.82, 2.24) is 9.55 Å². The van der Waals surface area contributed by atoms with Crippen LogP contribution in [0.25, 0.3) is 0 Å². The van der Waals surface area contributed by atoms with E-state index in [9.17, 15) is 4.79 Å². The molecule has 0 saturated carbocycles. The van der Waals surface area contributed by atoms with Gasteiger partial charge in [0.1, 0.15) is 5.82 Å².